The SMILES string of the molecule is CC(C)Cn1nc(C(=O)OCC(=O)N2c3ccccc3NC(=O)C[C@@H]2C)c2ccccc2c1=O. The molecule has 9 nitrogen and oxygen atoms in total. The number of rotatable bonds is 5. The van der Waals surface area contributed by atoms with Crippen LogP contribution < -0.4 is 15.8 Å². The quantitative estimate of drug-likeness (QED) is 0.584. The van der Waals surface area contributed by atoms with Gasteiger partial charge in [0.15, 0.2) is 12.3 Å². The number of ether oxygens (including phenoxy) is 1. The summed E-state index contributed by atoms with van der Waals surface area (Å²) in [5.41, 5.74) is 0.745. The Morgan fingerprint density at radius 2 is 1.76 bits per heavy atom. The van der Waals surface area contributed by atoms with Gasteiger partial charge in [0.2, 0.25) is 5.91 Å². The lowest BCUT2D eigenvalue weighted by Crippen LogP contribution is -2.41. The predicted octanol–water partition coefficient (Wildman–Crippen LogP) is 2.97. The number of nitrogens with one attached hydrogen (secondary N) is 1. The van der Waals surface area contributed by atoms with Gasteiger partial charge < -0.3 is 15.0 Å². The first kappa shape index (κ1) is 23.2. The number of esters is 1. The third kappa shape index (κ3) is 4.54. The van der Waals surface area contributed by atoms with Crippen molar-refractivity contribution in [1.82, 2.24) is 9.78 Å². The van der Waals surface area contributed by atoms with Crippen molar-refractivity contribution in [3.8, 4) is 0 Å². The normalized spacial score (nSPS) is 15.6. The lowest BCUT2D eigenvalue weighted by Gasteiger charge is -2.27. The number of para-hydroxylation sites is 2. The molecule has 0 saturated carbocycles. The Labute approximate surface area is 196 Å². The Morgan fingerprint density at radius 1 is 1.09 bits per heavy atom. The molecular formula is C25H26N4O5. The molecule has 176 valence electrons. The van der Waals surface area contributed by atoms with E-state index >= 15 is 0 Å². The highest BCUT2D eigenvalue weighted by Crippen LogP contribution is 2.31. The monoisotopic (exact) mass is 462 g/mol. The van der Waals surface area contributed by atoms with Crippen molar-refractivity contribution in [3.05, 3.63) is 64.6 Å². The summed E-state index contributed by atoms with van der Waals surface area (Å²) in [6.45, 7) is 5.45. The van der Waals surface area contributed by atoms with Crippen LogP contribution in [0.3, 0.4) is 0 Å². The first-order valence-corrected chi connectivity index (χ1v) is 11.1. The van der Waals surface area contributed by atoms with Crippen LogP contribution in [0.2, 0.25) is 0 Å². The molecule has 0 saturated heterocycles. The second kappa shape index (κ2) is 9.46. The minimum Gasteiger partial charge on any atom is -0.451 e. The number of aromatic nitrogens is 2. The molecule has 1 aliphatic rings. The average molecular weight is 463 g/mol. The summed E-state index contributed by atoms with van der Waals surface area (Å²) < 4.78 is 6.63. The predicted molar refractivity (Wildman–Crippen MR) is 128 cm³/mol. The second-order valence-corrected chi connectivity index (χ2v) is 8.73. The van der Waals surface area contributed by atoms with E-state index in [-0.39, 0.29) is 29.5 Å². The van der Waals surface area contributed by atoms with Crippen LogP contribution in [-0.4, -0.2) is 40.2 Å². The van der Waals surface area contributed by atoms with Gasteiger partial charge in [-0.2, -0.15) is 5.10 Å². The summed E-state index contributed by atoms with van der Waals surface area (Å²) in [7, 11) is 0. The summed E-state index contributed by atoms with van der Waals surface area (Å²) in [6, 6.07) is 13.2. The zero-order chi connectivity index (χ0) is 24.4. The van der Waals surface area contributed by atoms with Crippen LogP contribution >= 0.6 is 0 Å². The highest BCUT2D eigenvalue weighted by atomic mass is 16.5. The molecule has 0 spiro atoms. The van der Waals surface area contributed by atoms with Gasteiger partial charge in [0.25, 0.3) is 11.5 Å². The fourth-order valence-electron chi connectivity index (χ4n) is 4.09. The maximum absolute atomic E-state index is 13.1. The van der Waals surface area contributed by atoms with Crippen molar-refractivity contribution in [2.24, 2.45) is 5.92 Å². The van der Waals surface area contributed by atoms with E-state index in [0.717, 1.165) is 0 Å². The van der Waals surface area contributed by atoms with Gasteiger partial charge in [-0.05, 0) is 31.0 Å². The van der Waals surface area contributed by atoms with Gasteiger partial charge in [0, 0.05) is 24.4 Å². The maximum atomic E-state index is 13.1. The van der Waals surface area contributed by atoms with Gasteiger partial charge in [0.05, 0.1) is 16.8 Å². The minimum absolute atomic E-state index is 0.0233. The zero-order valence-electron chi connectivity index (χ0n) is 19.3. The second-order valence-electron chi connectivity index (χ2n) is 8.73. The number of nitrogens with zero attached hydrogens (tertiary/aromatic N) is 3. The van der Waals surface area contributed by atoms with E-state index in [0.29, 0.717) is 28.7 Å². The van der Waals surface area contributed by atoms with Gasteiger partial charge in [-0.15, -0.1) is 0 Å². The number of fused-ring (bicyclic) bond motifs is 2. The highest BCUT2D eigenvalue weighted by Gasteiger charge is 2.30. The molecule has 1 aromatic heterocycles. The highest BCUT2D eigenvalue weighted by molar-refractivity contribution is 6.06. The van der Waals surface area contributed by atoms with Crippen LogP contribution in [0.5, 0.6) is 0 Å². The van der Waals surface area contributed by atoms with Crippen molar-refractivity contribution >= 4 is 39.9 Å². The number of hydrogen-bond donors (Lipinski definition) is 1. The van der Waals surface area contributed by atoms with E-state index in [1.165, 1.54) is 9.58 Å². The molecule has 34 heavy (non-hydrogen) atoms. The largest absolute Gasteiger partial charge is 0.451 e. The van der Waals surface area contributed by atoms with Gasteiger partial charge in [-0.3, -0.25) is 14.4 Å². The van der Waals surface area contributed by atoms with E-state index in [4.69, 9.17) is 4.74 Å². The molecule has 1 N–H and O–H groups in total. The Hall–Kier alpha value is -4.01. The molecule has 2 aromatic carbocycles. The number of hydrogen-bond acceptors (Lipinski definition) is 6. The Balaban J connectivity index is 1.61. The topological polar surface area (TPSA) is 111 Å². The first-order chi connectivity index (χ1) is 16.3. The molecule has 3 aromatic rings. The van der Waals surface area contributed by atoms with Gasteiger partial charge >= 0.3 is 5.97 Å². The van der Waals surface area contributed by atoms with Crippen molar-refractivity contribution in [1.29, 1.82) is 0 Å². The molecule has 0 bridgehead atoms. The summed E-state index contributed by atoms with van der Waals surface area (Å²) in [4.78, 5) is 52.5. The molecule has 2 amide bonds. The van der Waals surface area contributed by atoms with Crippen LogP contribution in [0.15, 0.2) is 53.3 Å². The molecule has 4 rings (SSSR count). The summed E-state index contributed by atoms with van der Waals surface area (Å²) >= 11 is 0. The summed E-state index contributed by atoms with van der Waals surface area (Å²) in [5.74, 6) is -1.33. The molecule has 0 unspecified atom stereocenters. The van der Waals surface area contributed by atoms with Gasteiger partial charge in [-0.25, -0.2) is 9.48 Å². The molecule has 2 heterocycles. The van der Waals surface area contributed by atoms with Gasteiger partial charge in [0.1, 0.15) is 0 Å². The smallest absolute Gasteiger partial charge is 0.359 e. The number of carbonyl (C=O) groups excluding carboxylic acids is 3. The van der Waals surface area contributed by atoms with Crippen molar-refractivity contribution < 1.29 is 19.1 Å². The van der Waals surface area contributed by atoms with Crippen LogP contribution in [0.1, 0.15) is 37.7 Å². The average Bonchev–Trinajstić information content (AvgIpc) is 2.93. The number of carbonyl (C=O) groups is 3. The van der Waals surface area contributed by atoms with E-state index in [9.17, 15) is 19.2 Å². The molecule has 1 atom stereocenters. The zero-order valence-corrected chi connectivity index (χ0v) is 19.3. The summed E-state index contributed by atoms with van der Waals surface area (Å²) in [6.07, 6.45) is 0.112. The molecule has 9 heteroatoms. The van der Waals surface area contributed by atoms with E-state index in [2.05, 4.69) is 10.4 Å². The van der Waals surface area contributed by atoms with Crippen molar-refractivity contribution in [2.45, 2.75) is 39.8 Å². The minimum atomic E-state index is -0.799. The maximum Gasteiger partial charge on any atom is 0.359 e. The fourth-order valence-corrected chi connectivity index (χ4v) is 4.09. The molecule has 0 radical (unpaired) electrons. The van der Waals surface area contributed by atoms with Crippen LogP contribution in [0.25, 0.3) is 10.8 Å². The Bertz CT molecular complexity index is 1330. The number of anilines is 2. The fraction of sp³-hybridized carbons (Fsp3) is 0.320. The molecular weight excluding hydrogens is 436 g/mol. The summed E-state index contributed by atoms with van der Waals surface area (Å²) in [5, 5.41) is 7.78. The van der Waals surface area contributed by atoms with Crippen molar-refractivity contribution in [3.63, 3.8) is 0 Å². The van der Waals surface area contributed by atoms with Crippen molar-refractivity contribution in [2.75, 3.05) is 16.8 Å². The molecule has 0 fully saturated rings. The lowest BCUT2D eigenvalue weighted by atomic mass is 10.1. The first-order valence-electron chi connectivity index (χ1n) is 11.1. The lowest BCUT2D eigenvalue weighted by molar-refractivity contribution is -0.122. The third-order valence-electron chi connectivity index (χ3n) is 5.55. The van der Waals surface area contributed by atoms with Crippen LogP contribution in [0.4, 0.5) is 11.4 Å². The Kier molecular flexibility index (Phi) is 6.45. The van der Waals surface area contributed by atoms with E-state index < -0.39 is 24.5 Å². The number of amides is 2. The van der Waals surface area contributed by atoms with Crippen LogP contribution in [-0.2, 0) is 20.9 Å². The standard InChI is InChI=1S/C25H26N4O5/c1-15(2)13-28-24(32)18-9-5-4-8-17(18)23(27-28)25(33)34-14-22(31)29-16(3)12-21(30)26-19-10-6-7-11-20(19)29/h4-11,15-16H,12-14H2,1-3H3,(H,26,30)/t16-/m0/s1. The van der Waals surface area contributed by atoms with Crippen LogP contribution in [0, 0.1) is 5.92 Å². The van der Waals surface area contributed by atoms with Gasteiger partial charge in [-0.1, -0.05) is 44.2 Å². The number of benzene rings is 2. The molecule has 1 aliphatic heterocycles. The third-order valence-corrected chi connectivity index (χ3v) is 5.55. The Morgan fingerprint density at radius 3 is 2.50 bits per heavy atom. The van der Waals surface area contributed by atoms with E-state index in [1.807, 2.05) is 13.8 Å². The van der Waals surface area contributed by atoms with E-state index in [1.54, 1.807) is 55.5 Å². The molecule has 0 aliphatic carbocycles.